The quantitative estimate of drug-likeness (QED) is 0.510. The Bertz CT molecular complexity index is 64.0. The van der Waals surface area contributed by atoms with Crippen molar-refractivity contribution in [1.82, 2.24) is 6.15 Å². The van der Waals surface area contributed by atoms with Gasteiger partial charge >= 0.3 is 5.97 Å². The van der Waals surface area contributed by atoms with E-state index in [1.165, 1.54) is 0 Å². The minimum Gasteiger partial charge on any atom is -0.478 e. The van der Waals surface area contributed by atoms with E-state index < -0.39 is 5.97 Å². The minimum atomic E-state index is -0.981. The molecule has 0 aromatic rings. The summed E-state index contributed by atoms with van der Waals surface area (Å²) in [6.07, 6.45) is 0.833. The van der Waals surface area contributed by atoms with Gasteiger partial charge in [-0.3, -0.25) is 0 Å². The van der Waals surface area contributed by atoms with E-state index in [4.69, 9.17) is 5.11 Å². The highest BCUT2D eigenvalue weighted by molar-refractivity contribution is 5.85. The van der Waals surface area contributed by atoms with Crippen molar-refractivity contribution < 1.29 is 9.90 Å². The van der Waals surface area contributed by atoms with E-state index in [2.05, 4.69) is 6.58 Å². The molecule has 7 heavy (non-hydrogen) atoms. The number of carboxylic acid groups (broad SMARTS) is 1. The molecule has 0 saturated heterocycles. The maximum atomic E-state index is 9.25. The summed E-state index contributed by atoms with van der Waals surface area (Å²) in [6.45, 7) is 2.96. The van der Waals surface area contributed by atoms with Crippen molar-refractivity contribution in [2.45, 2.75) is 0 Å². The van der Waals surface area contributed by atoms with E-state index in [0.29, 0.717) is 0 Å². The SMILES string of the molecule is C=CC(=O)O.Cl.N. The van der Waals surface area contributed by atoms with Gasteiger partial charge in [0.2, 0.25) is 0 Å². The van der Waals surface area contributed by atoms with Crippen LogP contribution in [-0.4, -0.2) is 11.1 Å². The van der Waals surface area contributed by atoms with Crippen molar-refractivity contribution >= 4 is 18.4 Å². The third-order valence-corrected chi connectivity index (χ3v) is 0.175. The number of hydrogen-bond donors (Lipinski definition) is 2. The molecule has 0 rings (SSSR count). The highest BCUT2D eigenvalue weighted by Gasteiger charge is 1.73. The zero-order valence-electron chi connectivity index (χ0n) is 3.76. The van der Waals surface area contributed by atoms with Crippen LogP contribution in [0.15, 0.2) is 12.7 Å². The molecule has 0 amide bonds. The lowest BCUT2D eigenvalue weighted by Gasteiger charge is -1.64. The first-order valence-corrected chi connectivity index (χ1v) is 1.12. The molecule has 44 valence electrons. The fourth-order valence-corrected chi connectivity index (χ4v) is 0. The van der Waals surface area contributed by atoms with Gasteiger partial charge < -0.3 is 11.3 Å². The van der Waals surface area contributed by atoms with Crippen molar-refractivity contribution in [1.29, 1.82) is 0 Å². The van der Waals surface area contributed by atoms with E-state index in [-0.39, 0.29) is 18.6 Å². The molecule has 4 N–H and O–H groups in total. The zero-order chi connectivity index (χ0) is 4.28. The lowest BCUT2D eigenvalue weighted by Crippen LogP contribution is -1.82. The summed E-state index contributed by atoms with van der Waals surface area (Å²) in [5.41, 5.74) is 0. The Balaban J connectivity index is -0.0000000800. The Labute approximate surface area is 48.0 Å². The van der Waals surface area contributed by atoms with E-state index in [9.17, 15) is 4.79 Å². The molecule has 0 spiro atoms. The fraction of sp³-hybridized carbons (Fsp3) is 0. The number of carboxylic acids is 1. The highest BCUT2D eigenvalue weighted by atomic mass is 35.5. The molecular formula is C3H8ClNO2. The van der Waals surface area contributed by atoms with Gasteiger partial charge in [-0.1, -0.05) is 6.58 Å². The Hall–Kier alpha value is -0.540. The average Bonchev–Trinajstić information content (AvgIpc) is 1.38. The van der Waals surface area contributed by atoms with Gasteiger partial charge in [0.1, 0.15) is 0 Å². The van der Waals surface area contributed by atoms with Gasteiger partial charge in [0, 0.05) is 6.08 Å². The number of hydrogen-bond acceptors (Lipinski definition) is 2. The first-order valence-electron chi connectivity index (χ1n) is 1.12. The monoisotopic (exact) mass is 125 g/mol. The van der Waals surface area contributed by atoms with Crippen LogP contribution in [0.2, 0.25) is 0 Å². The van der Waals surface area contributed by atoms with E-state index >= 15 is 0 Å². The van der Waals surface area contributed by atoms with Gasteiger partial charge in [-0.15, -0.1) is 12.4 Å². The number of carbonyl (C=O) groups is 1. The smallest absolute Gasteiger partial charge is 0.327 e. The zero-order valence-corrected chi connectivity index (χ0v) is 4.57. The predicted octanol–water partition coefficient (Wildman–Crippen LogP) is 0.841. The lowest BCUT2D eigenvalue weighted by atomic mass is 10.7. The van der Waals surface area contributed by atoms with Crippen molar-refractivity contribution in [3.05, 3.63) is 12.7 Å². The summed E-state index contributed by atoms with van der Waals surface area (Å²) in [6, 6.07) is 0. The largest absolute Gasteiger partial charge is 0.478 e. The first-order chi connectivity index (χ1) is 2.27. The molecule has 0 saturated carbocycles. The van der Waals surface area contributed by atoms with Crippen LogP contribution in [0.4, 0.5) is 0 Å². The topological polar surface area (TPSA) is 72.3 Å². The molecule has 0 aromatic heterocycles. The molecule has 0 atom stereocenters. The van der Waals surface area contributed by atoms with Gasteiger partial charge in [-0.2, -0.15) is 0 Å². The van der Waals surface area contributed by atoms with Crippen molar-refractivity contribution in [2.75, 3.05) is 0 Å². The van der Waals surface area contributed by atoms with Crippen LogP contribution in [0.3, 0.4) is 0 Å². The van der Waals surface area contributed by atoms with Gasteiger partial charge in [0.15, 0.2) is 0 Å². The summed E-state index contributed by atoms with van der Waals surface area (Å²) < 4.78 is 0. The molecule has 0 aliphatic heterocycles. The van der Waals surface area contributed by atoms with Gasteiger partial charge in [0.05, 0.1) is 0 Å². The average molecular weight is 126 g/mol. The van der Waals surface area contributed by atoms with Crippen LogP contribution < -0.4 is 6.15 Å². The molecule has 0 bridgehead atoms. The number of halogens is 1. The second-order valence-corrected chi connectivity index (χ2v) is 0.542. The van der Waals surface area contributed by atoms with E-state index in [1.807, 2.05) is 0 Å². The molecule has 0 aliphatic rings. The molecule has 0 aromatic carbocycles. The first kappa shape index (κ1) is 16.1. The van der Waals surface area contributed by atoms with Crippen molar-refractivity contribution in [3.63, 3.8) is 0 Å². The lowest BCUT2D eigenvalue weighted by molar-refractivity contribution is -0.131. The van der Waals surface area contributed by atoms with Crippen LogP contribution in [0.5, 0.6) is 0 Å². The summed E-state index contributed by atoms with van der Waals surface area (Å²) >= 11 is 0. The van der Waals surface area contributed by atoms with Gasteiger partial charge in [-0.25, -0.2) is 4.79 Å². The van der Waals surface area contributed by atoms with Crippen LogP contribution in [0, 0.1) is 0 Å². The maximum Gasteiger partial charge on any atom is 0.327 e. The maximum absolute atomic E-state index is 9.25. The molecule has 0 unspecified atom stereocenters. The molecule has 3 nitrogen and oxygen atoms in total. The standard InChI is InChI=1S/C3H4O2.ClH.H3N/c1-2-3(4)5;;/h2H,1H2,(H,4,5);1H;1H3. The number of aliphatic carboxylic acids is 1. The normalized spacial score (nSPS) is 4.57. The third kappa shape index (κ3) is 30.7. The van der Waals surface area contributed by atoms with Crippen molar-refractivity contribution in [2.24, 2.45) is 0 Å². The van der Waals surface area contributed by atoms with Crippen LogP contribution in [-0.2, 0) is 4.79 Å². The summed E-state index contributed by atoms with van der Waals surface area (Å²) in [7, 11) is 0. The molecule has 0 heterocycles. The van der Waals surface area contributed by atoms with Gasteiger partial charge in [0.25, 0.3) is 0 Å². The minimum absolute atomic E-state index is 0. The highest BCUT2D eigenvalue weighted by Crippen LogP contribution is 1.54. The fourth-order valence-electron chi connectivity index (χ4n) is 0. The van der Waals surface area contributed by atoms with Crippen LogP contribution >= 0.6 is 12.4 Å². The van der Waals surface area contributed by atoms with Crippen LogP contribution in [0.25, 0.3) is 0 Å². The second-order valence-electron chi connectivity index (χ2n) is 0.542. The summed E-state index contributed by atoms with van der Waals surface area (Å²) in [5, 5.41) is 7.60. The summed E-state index contributed by atoms with van der Waals surface area (Å²) in [5.74, 6) is -0.981. The second kappa shape index (κ2) is 9.07. The predicted molar refractivity (Wildman–Crippen MR) is 30.1 cm³/mol. The molecular weight excluding hydrogens is 117 g/mol. The van der Waals surface area contributed by atoms with E-state index in [1.54, 1.807) is 0 Å². The Kier molecular flexibility index (Phi) is 20.8. The number of rotatable bonds is 1. The Morgan fingerprint density at radius 3 is 1.86 bits per heavy atom. The third-order valence-electron chi connectivity index (χ3n) is 0.175. The van der Waals surface area contributed by atoms with E-state index in [0.717, 1.165) is 6.08 Å². The molecule has 0 fully saturated rings. The molecule has 0 radical (unpaired) electrons. The molecule has 0 aliphatic carbocycles. The Morgan fingerprint density at radius 2 is 1.86 bits per heavy atom. The molecule has 4 heteroatoms. The van der Waals surface area contributed by atoms with Gasteiger partial charge in [-0.05, 0) is 0 Å². The Morgan fingerprint density at radius 1 is 1.71 bits per heavy atom. The van der Waals surface area contributed by atoms with Crippen LogP contribution in [0.1, 0.15) is 0 Å². The summed E-state index contributed by atoms with van der Waals surface area (Å²) in [4.78, 5) is 9.25. The van der Waals surface area contributed by atoms with Crippen molar-refractivity contribution in [3.8, 4) is 0 Å².